The molecule has 0 aromatic heterocycles. The first-order valence-electron chi connectivity index (χ1n) is 3.52. The summed E-state index contributed by atoms with van der Waals surface area (Å²) >= 11 is 5.32. The zero-order valence-electron chi connectivity index (χ0n) is 5.99. The minimum Gasteiger partial charge on any atom is -0.0856 e. The zero-order chi connectivity index (χ0) is 7.68. The lowest BCUT2D eigenvalue weighted by molar-refractivity contribution is 1.40. The van der Waals surface area contributed by atoms with Gasteiger partial charge in [-0.3, -0.25) is 0 Å². The molecule has 2 rings (SSSR count). The molecule has 0 N–H and O–H groups in total. The second-order valence-electron chi connectivity index (χ2n) is 2.45. The van der Waals surface area contributed by atoms with E-state index in [1.807, 2.05) is 0 Å². The van der Waals surface area contributed by atoms with Crippen LogP contribution in [0.2, 0.25) is 0 Å². The molecule has 1 heterocycles. The average Bonchev–Trinajstić information content (AvgIpc) is 2.06. The molecule has 1 aliphatic rings. The number of hydrogen-bond acceptors (Lipinski definition) is 1. The Kier molecular flexibility index (Phi) is 1.88. The van der Waals surface area contributed by atoms with Crippen LogP contribution in [0.3, 0.4) is 0 Å². The van der Waals surface area contributed by atoms with Crippen LogP contribution < -0.4 is 0 Å². The summed E-state index contributed by atoms with van der Waals surface area (Å²) in [6, 6.07) is 8.37. The summed E-state index contributed by atoms with van der Waals surface area (Å²) in [5, 5.41) is 0. The normalized spacial score (nSPS) is 21.3. The fourth-order valence-electron chi connectivity index (χ4n) is 1.18. The van der Waals surface area contributed by atoms with E-state index in [-0.39, 0.29) is 9.45 Å². The maximum Gasteiger partial charge on any atom is 0.0208 e. The highest BCUT2D eigenvalue weighted by atomic mass is 32.8. The number of rotatable bonds is 0. The number of hydrogen-bond donors (Lipinski definition) is 0. The van der Waals surface area contributed by atoms with Crippen molar-refractivity contribution in [2.24, 2.45) is 0 Å². The summed E-state index contributed by atoms with van der Waals surface area (Å²) < 4.78 is 0. The SMILES string of the molecule is S=S1CC=Cc2ccccc21. The number of fused-ring (bicyclic) bond motifs is 1. The van der Waals surface area contributed by atoms with E-state index >= 15 is 0 Å². The molecule has 1 aromatic rings. The van der Waals surface area contributed by atoms with E-state index in [0.29, 0.717) is 0 Å². The first-order chi connectivity index (χ1) is 5.38. The predicted molar refractivity (Wildman–Crippen MR) is 53.3 cm³/mol. The van der Waals surface area contributed by atoms with Crippen LogP contribution in [0.15, 0.2) is 35.2 Å². The van der Waals surface area contributed by atoms with E-state index in [4.69, 9.17) is 11.2 Å². The van der Waals surface area contributed by atoms with Crippen LogP contribution in [0.5, 0.6) is 0 Å². The first-order valence-corrected chi connectivity index (χ1v) is 5.84. The van der Waals surface area contributed by atoms with Crippen LogP contribution in [0.4, 0.5) is 0 Å². The summed E-state index contributed by atoms with van der Waals surface area (Å²) in [6.45, 7) is 0. The Morgan fingerprint density at radius 2 is 2.09 bits per heavy atom. The van der Waals surface area contributed by atoms with Crippen LogP contribution >= 0.6 is 0 Å². The van der Waals surface area contributed by atoms with Gasteiger partial charge in [0.25, 0.3) is 0 Å². The topological polar surface area (TPSA) is 0 Å². The van der Waals surface area contributed by atoms with Crippen molar-refractivity contribution in [3.05, 3.63) is 35.9 Å². The van der Waals surface area contributed by atoms with Gasteiger partial charge in [0.1, 0.15) is 0 Å². The summed E-state index contributed by atoms with van der Waals surface area (Å²) in [6.07, 6.45) is 4.32. The maximum absolute atomic E-state index is 5.32. The third-order valence-electron chi connectivity index (χ3n) is 1.71. The molecule has 1 aliphatic heterocycles. The molecule has 0 aliphatic carbocycles. The van der Waals surface area contributed by atoms with E-state index in [0.717, 1.165) is 5.75 Å². The molecule has 0 amide bonds. The highest BCUT2D eigenvalue weighted by Crippen LogP contribution is 2.19. The lowest BCUT2D eigenvalue weighted by Gasteiger charge is -2.10. The summed E-state index contributed by atoms with van der Waals surface area (Å²) in [4.78, 5) is 1.34. The lowest BCUT2D eigenvalue weighted by Crippen LogP contribution is -2.00. The van der Waals surface area contributed by atoms with E-state index in [2.05, 4.69) is 36.4 Å². The Balaban J connectivity index is 2.63. The van der Waals surface area contributed by atoms with Gasteiger partial charge < -0.3 is 0 Å². The van der Waals surface area contributed by atoms with E-state index < -0.39 is 0 Å². The predicted octanol–water partition coefficient (Wildman–Crippen LogP) is 2.15. The standard InChI is InChI=1S/C9H8S2/c10-11-7-3-5-8-4-1-2-6-9(8)11/h1-6H,7H2. The van der Waals surface area contributed by atoms with Crippen molar-refractivity contribution in [2.45, 2.75) is 4.90 Å². The van der Waals surface area contributed by atoms with Gasteiger partial charge in [-0.25, -0.2) is 0 Å². The Morgan fingerprint density at radius 1 is 1.27 bits per heavy atom. The molecule has 0 saturated heterocycles. The number of benzene rings is 1. The minimum absolute atomic E-state index is 0.0314. The molecule has 0 bridgehead atoms. The molecule has 1 aromatic carbocycles. The second kappa shape index (κ2) is 2.88. The maximum atomic E-state index is 5.32. The molecule has 56 valence electrons. The molecule has 0 nitrogen and oxygen atoms in total. The second-order valence-corrected chi connectivity index (χ2v) is 5.12. The summed E-state index contributed by atoms with van der Waals surface area (Å²) in [5.74, 6) is 1.03. The van der Waals surface area contributed by atoms with Gasteiger partial charge in [-0.15, -0.1) is 0 Å². The fourth-order valence-corrected chi connectivity index (χ4v) is 2.95. The Bertz CT molecular complexity index is 326. The van der Waals surface area contributed by atoms with Crippen molar-refractivity contribution < 1.29 is 0 Å². The molecule has 0 radical (unpaired) electrons. The van der Waals surface area contributed by atoms with E-state index in [9.17, 15) is 0 Å². The van der Waals surface area contributed by atoms with Gasteiger partial charge in [0.15, 0.2) is 0 Å². The van der Waals surface area contributed by atoms with Crippen molar-refractivity contribution in [2.75, 3.05) is 5.75 Å². The fraction of sp³-hybridized carbons (Fsp3) is 0.111. The van der Waals surface area contributed by atoms with Crippen LogP contribution in [-0.4, -0.2) is 5.75 Å². The summed E-state index contributed by atoms with van der Waals surface area (Å²) in [7, 11) is 0.0314. The van der Waals surface area contributed by atoms with Gasteiger partial charge >= 0.3 is 0 Å². The molecule has 1 unspecified atom stereocenters. The smallest absolute Gasteiger partial charge is 0.0208 e. The van der Waals surface area contributed by atoms with Crippen LogP contribution in [-0.2, 0) is 20.6 Å². The lowest BCUT2D eigenvalue weighted by atomic mass is 10.2. The third-order valence-corrected chi connectivity index (χ3v) is 4.01. The van der Waals surface area contributed by atoms with Crippen molar-refractivity contribution in [1.82, 2.24) is 0 Å². The van der Waals surface area contributed by atoms with Gasteiger partial charge in [-0.1, -0.05) is 39.8 Å². The molecule has 1 atom stereocenters. The average molecular weight is 180 g/mol. The Morgan fingerprint density at radius 3 is 2.91 bits per heavy atom. The van der Waals surface area contributed by atoms with Crippen molar-refractivity contribution in [3.63, 3.8) is 0 Å². The van der Waals surface area contributed by atoms with Gasteiger partial charge in [-0.05, 0) is 22.8 Å². The quantitative estimate of drug-likeness (QED) is 0.589. The Hall–Kier alpha value is -0.470. The first kappa shape index (κ1) is 7.19. The molecular weight excluding hydrogens is 172 g/mol. The Labute approximate surface area is 73.5 Å². The van der Waals surface area contributed by atoms with Crippen molar-refractivity contribution in [3.8, 4) is 0 Å². The molecule has 2 heteroatoms. The van der Waals surface area contributed by atoms with Gasteiger partial charge in [0.2, 0.25) is 0 Å². The minimum atomic E-state index is 0.0314. The van der Waals surface area contributed by atoms with E-state index in [1.54, 1.807) is 0 Å². The van der Waals surface area contributed by atoms with Gasteiger partial charge in [-0.2, -0.15) is 0 Å². The van der Waals surface area contributed by atoms with Gasteiger partial charge in [0.05, 0.1) is 0 Å². The van der Waals surface area contributed by atoms with Crippen LogP contribution in [0.25, 0.3) is 6.08 Å². The summed E-state index contributed by atoms with van der Waals surface area (Å²) in [5.41, 5.74) is 1.30. The molecule has 11 heavy (non-hydrogen) atoms. The van der Waals surface area contributed by atoms with Crippen LogP contribution in [0.1, 0.15) is 5.56 Å². The van der Waals surface area contributed by atoms with Crippen molar-refractivity contribution >= 4 is 26.7 Å². The van der Waals surface area contributed by atoms with Gasteiger partial charge in [0, 0.05) is 10.6 Å². The highest BCUT2D eigenvalue weighted by Gasteiger charge is 2.05. The molecule has 0 fully saturated rings. The third kappa shape index (κ3) is 1.28. The van der Waals surface area contributed by atoms with Crippen molar-refractivity contribution in [1.29, 1.82) is 0 Å². The highest BCUT2D eigenvalue weighted by molar-refractivity contribution is 8.29. The van der Waals surface area contributed by atoms with E-state index in [1.165, 1.54) is 10.5 Å². The molecular formula is C9H8S2. The molecule has 0 saturated carbocycles. The molecule has 0 spiro atoms. The van der Waals surface area contributed by atoms with Crippen LogP contribution in [0, 0.1) is 0 Å². The monoisotopic (exact) mass is 180 g/mol. The largest absolute Gasteiger partial charge is 0.0856 e. The zero-order valence-corrected chi connectivity index (χ0v) is 7.62.